The van der Waals surface area contributed by atoms with E-state index in [0.29, 0.717) is 12.7 Å². The monoisotopic (exact) mass is 347 g/mol. The molecular weight excluding hydrogens is 328 g/mol. The summed E-state index contributed by atoms with van der Waals surface area (Å²) in [5.41, 5.74) is 0. The highest BCUT2D eigenvalue weighted by molar-refractivity contribution is 7.89. The van der Waals surface area contributed by atoms with E-state index in [-0.39, 0.29) is 6.54 Å². The smallest absolute Gasteiger partial charge is 0.243 e. The van der Waals surface area contributed by atoms with Gasteiger partial charge in [0.25, 0.3) is 0 Å². The van der Waals surface area contributed by atoms with Crippen molar-refractivity contribution in [1.82, 2.24) is 4.72 Å². The second kappa shape index (κ2) is 6.43. The van der Waals surface area contributed by atoms with Crippen LogP contribution in [0.1, 0.15) is 32.1 Å². The van der Waals surface area contributed by atoms with E-state index in [4.69, 9.17) is 9.47 Å². The van der Waals surface area contributed by atoms with Crippen LogP contribution in [0.3, 0.4) is 0 Å². The topological polar surface area (TPSA) is 64.6 Å². The predicted octanol–water partition coefficient (Wildman–Crippen LogP) is 2.32. The van der Waals surface area contributed by atoms with E-state index in [1.165, 1.54) is 0 Å². The first-order valence-electron chi connectivity index (χ1n) is 7.67. The largest absolute Gasteiger partial charge is 0.347 e. The number of ether oxygens (including phenoxy) is 2. The molecule has 1 atom stereocenters. The zero-order chi connectivity index (χ0) is 16.5. The first-order valence-corrected chi connectivity index (χ1v) is 9.15. The molecule has 1 spiro atoms. The van der Waals surface area contributed by atoms with Crippen molar-refractivity contribution in [1.29, 1.82) is 0 Å². The van der Waals surface area contributed by atoms with E-state index in [0.717, 1.165) is 44.2 Å². The Labute approximate surface area is 134 Å². The summed E-state index contributed by atoms with van der Waals surface area (Å²) in [6.45, 7) is 0.287. The molecule has 8 heteroatoms. The Bertz CT molecular complexity index is 674. The molecule has 1 aliphatic heterocycles. The molecule has 0 amide bonds. The van der Waals surface area contributed by atoms with Crippen LogP contribution in [0, 0.1) is 11.6 Å². The summed E-state index contributed by atoms with van der Waals surface area (Å²) in [7, 11) is -4.06. The number of benzene rings is 1. The number of hydrogen-bond donors (Lipinski definition) is 1. The molecular formula is C15H19F2NO4S. The van der Waals surface area contributed by atoms with Gasteiger partial charge in [0.15, 0.2) is 5.79 Å². The van der Waals surface area contributed by atoms with E-state index >= 15 is 0 Å². The van der Waals surface area contributed by atoms with E-state index in [1.807, 2.05) is 0 Å². The van der Waals surface area contributed by atoms with Gasteiger partial charge in [-0.25, -0.2) is 21.9 Å². The summed E-state index contributed by atoms with van der Waals surface area (Å²) in [6.07, 6.45) is 4.41. The molecule has 3 rings (SSSR count). The van der Waals surface area contributed by atoms with E-state index in [1.54, 1.807) is 0 Å². The van der Waals surface area contributed by atoms with Crippen molar-refractivity contribution < 1.29 is 26.7 Å². The van der Waals surface area contributed by atoms with Crippen LogP contribution in [-0.4, -0.2) is 33.5 Å². The van der Waals surface area contributed by atoms with Gasteiger partial charge in [0, 0.05) is 25.5 Å². The van der Waals surface area contributed by atoms with Gasteiger partial charge in [-0.1, -0.05) is 6.42 Å². The molecule has 1 N–H and O–H groups in total. The van der Waals surface area contributed by atoms with Crippen molar-refractivity contribution in [3.8, 4) is 0 Å². The molecule has 1 aromatic rings. The quantitative estimate of drug-likeness (QED) is 0.908. The summed E-state index contributed by atoms with van der Waals surface area (Å²) >= 11 is 0. The van der Waals surface area contributed by atoms with Gasteiger partial charge in [-0.15, -0.1) is 0 Å². The molecule has 2 fully saturated rings. The molecule has 1 saturated heterocycles. The Morgan fingerprint density at radius 2 is 1.96 bits per heavy atom. The standard InChI is InChI=1S/C15H19F2NO4S/c16-11-4-5-14(13(17)8-11)23(19,20)18-9-12-10-21-15(22-12)6-2-1-3-7-15/h4-5,8,12,18H,1-3,6-7,9-10H2. The molecule has 0 aromatic heterocycles. The molecule has 2 aliphatic rings. The van der Waals surface area contributed by atoms with Crippen LogP contribution in [0.5, 0.6) is 0 Å². The highest BCUT2D eigenvalue weighted by Crippen LogP contribution is 2.37. The lowest BCUT2D eigenvalue weighted by molar-refractivity contribution is -0.186. The molecule has 1 aromatic carbocycles. The van der Waals surface area contributed by atoms with Crippen molar-refractivity contribution in [2.24, 2.45) is 0 Å². The molecule has 128 valence electrons. The summed E-state index contributed by atoms with van der Waals surface area (Å²) in [5, 5.41) is 0. The molecule has 1 heterocycles. The van der Waals surface area contributed by atoms with Crippen LogP contribution in [0.4, 0.5) is 8.78 Å². The van der Waals surface area contributed by atoms with Crippen LogP contribution in [0.25, 0.3) is 0 Å². The molecule has 5 nitrogen and oxygen atoms in total. The van der Waals surface area contributed by atoms with E-state index in [2.05, 4.69) is 4.72 Å². The minimum absolute atomic E-state index is 0.0130. The van der Waals surface area contributed by atoms with Crippen LogP contribution in [0.2, 0.25) is 0 Å². The third-order valence-corrected chi connectivity index (χ3v) is 5.67. The van der Waals surface area contributed by atoms with Crippen molar-refractivity contribution in [2.45, 2.75) is 48.9 Å². The molecule has 1 unspecified atom stereocenters. The predicted molar refractivity (Wildman–Crippen MR) is 78.2 cm³/mol. The van der Waals surface area contributed by atoms with Crippen molar-refractivity contribution in [3.63, 3.8) is 0 Å². The Morgan fingerprint density at radius 3 is 2.65 bits per heavy atom. The maximum absolute atomic E-state index is 13.6. The average molecular weight is 347 g/mol. The average Bonchev–Trinajstić information content (AvgIpc) is 2.88. The summed E-state index contributed by atoms with van der Waals surface area (Å²) in [6, 6.07) is 2.35. The zero-order valence-electron chi connectivity index (χ0n) is 12.6. The van der Waals surface area contributed by atoms with Crippen molar-refractivity contribution >= 4 is 10.0 Å². The second-order valence-corrected chi connectivity index (χ2v) is 7.68. The Hall–Kier alpha value is -1.09. The maximum Gasteiger partial charge on any atom is 0.243 e. The number of rotatable bonds is 4. The van der Waals surface area contributed by atoms with Gasteiger partial charge in [-0.05, 0) is 25.0 Å². The fraction of sp³-hybridized carbons (Fsp3) is 0.600. The summed E-state index contributed by atoms with van der Waals surface area (Å²) < 4.78 is 64.6. The number of nitrogens with one attached hydrogen (secondary N) is 1. The second-order valence-electron chi connectivity index (χ2n) is 5.95. The van der Waals surface area contributed by atoms with Gasteiger partial charge in [0.2, 0.25) is 10.0 Å². The lowest BCUT2D eigenvalue weighted by Crippen LogP contribution is -2.37. The van der Waals surface area contributed by atoms with Gasteiger partial charge >= 0.3 is 0 Å². The SMILES string of the molecule is O=S(=O)(NCC1COC2(CCCCC2)O1)c1ccc(F)cc1F. The lowest BCUT2D eigenvalue weighted by Gasteiger charge is -2.31. The van der Waals surface area contributed by atoms with Crippen LogP contribution < -0.4 is 4.72 Å². The molecule has 23 heavy (non-hydrogen) atoms. The molecule has 1 saturated carbocycles. The van der Waals surface area contributed by atoms with Gasteiger partial charge in [-0.2, -0.15) is 0 Å². The van der Waals surface area contributed by atoms with Crippen LogP contribution >= 0.6 is 0 Å². The van der Waals surface area contributed by atoms with Gasteiger partial charge in [0.05, 0.1) is 12.7 Å². The van der Waals surface area contributed by atoms with E-state index < -0.39 is 38.4 Å². The highest BCUT2D eigenvalue weighted by atomic mass is 32.2. The molecule has 1 aliphatic carbocycles. The summed E-state index contributed by atoms with van der Waals surface area (Å²) in [5.74, 6) is -2.53. The Kier molecular flexibility index (Phi) is 4.68. The maximum atomic E-state index is 13.6. The highest BCUT2D eigenvalue weighted by Gasteiger charge is 2.42. The normalized spacial score (nSPS) is 24.2. The fourth-order valence-corrected chi connectivity index (χ4v) is 4.17. The van der Waals surface area contributed by atoms with Crippen LogP contribution in [-0.2, 0) is 19.5 Å². The minimum atomic E-state index is -4.06. The number of sulfonamides is 1. The van der Waals surface area contributed by atoms with Gasteiger partial charge in [-0.3, -0.25) is 0 Å². The number of hydrogen-bond acceptors (Lipinski definition) is 4. The van der Waals surface area contributed by atoms with Crippen LogP contribution in [0.15, 0.2) is 23.1 Å². The van der Waals surface area contributed by atoms with E-state index in [9.17, 15) is 17.2 Å². The Balaban J connectivity index is 1.61. The Morgan fingerprint density at radius 1 is 1.22 bits per heavy atom. The first kappa shape index (κ1) is 16.8. The molecule has 0 bridgehead atoms. The third kappa shape index (κ3) is 3.71. The molecule has 0 radical (unpaired) electrons. The summed E-state index contributed by atoms with van der Waals surface area (Å²) in [4.78, 5) is -0.579. The third-order valence-electron chi connectivity index (χ3n) is 4.21. The first-order chi connectivity index (χ1) is 10.9. The van der Waals surface area contributed by atoms with Crippen molar-refractivity contribution in [2.75, 3.05) is 13.2 Å². The fourth-order valence-electron chi connectivity index (χ4n) is 3.04. The van der Waals surface area contributed by atoms with Gasteiger partial charge in [0.1, 0.15) is 16.5 Å². The zero-order valence-corrected chi connectivity index (χ0v) is 13.4. The lowest BCUT2D eigenvalue weighted by atomic mass is 9.94. The number of halogens is 2. The van der Waals surface area contributed by atoms with Crippen molar-refractivity contribution in [3.05, 3.63) is 29.8 Å². The minimum Gasteiger partial charge on any atom is -0.347 e. The van der Waals surface area contributed by atoms with Gasteiger partial charge < -0.3 is 9.47 Å².